The Morgan fingerprint density at radius 2 is 1.26 bits per heavy atom. The van der Waals surface area contributed by atoms with Crippen molar-refractivity contribution in [3.63, 3.8) is 0 Å². The number of ether oxygens (including phenoxy) is 6. The number of amides is 1. The number of rotatable bonds is 28. The number of nitrogens with one attached hydrogen (secondary N) is 2. The van der Waals surface area contributed by atoms with Crippen molar-refractivity contribution in [3.05, 3.63) is 221 Å². The average molecular weight is 1290 g/mol. The molecule has 470 valence electrons. The van der Waals surface area contributed by atoms with Gasteiger partial charge in [-0.05, 0) is 121 Å². The lowest BCUT2D eigenvalue weighted by Crippen LogP contribution is -2.47. The number of nitrogens with zero attached hydrogens (tertiary/aromatic N) is 4. The molecule has 2 N–H and O–H groups in total. The summed E-state index contributed by atoms with van der Waals surface area (Å²) >= 11 is 0.924. The van der Waals surface area contributed by atoms with Gasteiger partial charge in [-0.3, -0.25) is 13.8 Å². The van der Waals surface area contributed by atoms with Crippen LogP contribution in [0, 0.1) is 6.92 Å². The Morgan fingerprint density at radius 3 is 1.86 bits per heavy atom. The van der Waals surface area contributed by atoms with E-state index in [2.05, 4.69) is 25.3 Å². The first-order valence-corrected chi connectivity index (χ1v) is 31.6. The zero-order chi connectivity index (χ0) is 64.2. The summed E-state index contributed by atoms with van der Waals surface area (Å²) in [4.78, 5) is 44.5. The second kappa shape index (κ2) is 28.5. The molecule has 7 aromatic carbocycles. The highest BCUT2D eigenvalue weighted by Gasteiger charge is 2.42. The summed E-state index contributed by atoms with van der Waals surface area (Å²) in [6.45, 7) is 3.39. The molecule has 1 amide bonds. The van der Waals surface area contributed by atoms with Crippen molar-refractivity contribution in [2.45, 2.75) is 79.4 Å². The minimum absolute atomic E-state index is 0.0663. The van der Waals surface area contributed by atoms with E-state index in [-0.39, 0.29) is 53.3 Å². The maximum atomic E-state index is 14.8. The molecule has 20 nitrogen and oxygen atoms in total. The third-order valence-electron chi connectivity index (χ3n) is 14.1. The van der Waals surface area contributed by atoms with Gasteiger partial charge in [-0.25, -0.2) is 22.9 Å². The number of methoxy groups -OCH3 is 2. The molecule has 26 heteroatoms. The molecule has 0 bridgehead atoms. The van der Waals surface area contributed by atoms with Gasteiger partial charge < -0.3 is 33.7 Å². The van der Waals surface area contributed by atoms with Gasteiger partial charge in [0.05, 0.1) is 47.7 Å². The summed E-state index contributed by atoms with van der Waals surface area (Å²) in [6.07, 6.45) is -4.61. The number of aromatic nitrogens is 4. The third-order valence-corrected chi connectivity index (χ3v) is 18.3. The monoisotopic (exact) mass is 1290 g/mol. The van der Waals surface area contributed by atoms with Crippen LogP contribution in [0.4, 0.5) is 13.2 Å². The lowest BCUT2D eigenvalue weighted by molar-refractivity contribution is -0.149. The van der Waals surface area contributed by atoms with Crippen molar-refractivity contribution in [2.24, 2.45) is 0 Å². The van der Waals surface area contributed by atoms with E-state index in [1.807, 2.05) is 30.3 Å². The Balaban J connectivity index is 0.944. The fourth-order valence-corrected chi connectivity index (χ4v) is 13.1. The minimum atomic E-state index is -4.61. The summed E-state index contributed by atoms with van der Waals surface area (Å²) in [5, 5.41) is 11.3. The summed E-state index contributed by atoms with van der Waals surface area (Å²) in [7, 11) is -5.56. The fraction of sp³-hybridized carbons (Fsp3) is 0.250. The third kappa shape index (κ3) is 16.2. The number of carbonyl (C=O) groups excluding carboxylic acids is 3. The van der Waals surface area contributed by atoms with Crippen LogP contribution in [-0.2, 0) is 79.3 Å². The largest absolute Gasteiger partial charge is 0.497 e. The number of benzene rings is 7. The highest BCUT2D eigenvalue weighted by Crippen LogP contribution is 2.41. The number of aryl methyl sites for hydroxylation is 1. The quantitative estimate of drug-likeness (QED) is 0.0263. The van der Waals surface area contributed by atoms with E-state index < -0.39 is 80.1 Å². The maximum Gasteiger partial charge on any atom is 0.416 e. The number of carbonyl (C=O) groups is 3. The van der Waals surface area contributed by atoms with Crippen molar-refractivity contribution in [3.8, 4) is 23.0 Å². The number of thiazole rings is 1. The SMILES string of the molecule is CCOC(=O)[C@H](Cc1ccc(C(F)(F)F)cc1)NC(=O)[C@H](Cc1ccc(OCC(COS(=O)(=O)c2ccc(C)cc2)OC(C)=O)cc1)n1cc(COc2ccc3nc(S(=O)(=O)NC(c4ccccc4)(c4ccc(OC)cc4)c4ccc(OC)cc4)sc3c2)nn1. The number of esters is 2. The molecule has 3 atom stereocenters. The smallest absolute Gasteiger partial charge is 0.416 e. The van der Waals surface area contributed by atoms with Gasteiger partial charge >= 0.3 is 18.1 Å². The van der Waals surface area contributed by atoms with Crippen LogP contribution in [0.3, 0.4) is 0 Å². The second-order valence-electron chi connectivity index (χ2n) is 20.4. The molecule has 0 aliphatic rings. The van der Waals surface area contributed by atoms with Crippen molar-refractivity contribution < 1.29 is 77.0 Å². The molecule has 90 heavy (non-hydrogen) atoms. The topological polar surface area (TPSA) is 252 Å². The van der Waals surface area contributed by atoms with Crippen LogP contribution in [0.5, 0.6) is 23.0 Å². The van der Waals surface area contributed by atoms with Gasteiger partial charge in [-0.2, -0.15) is 26.3 Å². The van der Waals surface area contributed by atoms with Crippen LogP contribution in [0.1, 0.15) is 64.5 Å². The molecular weight excluding hydrogens is 1230 g/mol. The van der Waals surface area contributed by atoms with Crippen LogP contribution in [-0.4, -0.2) is 101 Å². The molecule has 0 fully saturated rings. The average Bonchev–Trinajstić information content (AvgIpc) is 0.959. The predicted octanol–water partition coefficient (Wildman–Crippen LogP) is 9.87. The fourth-order valence-electron chi connectivity index (χ4n) is 9.57. The van der Waals surface area contributed by atoms with Crippen molar-refractivity contribution >= 4 is 59.5 Å². The molecule has 0 radical (unpaired) electrons. The van der Waals surface area contributed by atoms with E-state index >= 15 is 0 Å². The van der Waals surface area contributed by atoms with Crippen LogP contribution in [0.2, 0.25) is 0 Å². The van der Waals surface area contributed by atoms with Gasteiger partial charge in [-0.1, -0.05) is 102 Å². The van der Waals surface area contributed by atoms with Gasteiger partial charge in [0, 0.05) is 19.8 Å². The van der Waals surface area contributed by atoms with E-state index in [1.54, 1.807) is 131 Å². The Hall–Kier alpha value is -9.21. The molecule has 0 aliphatic carbocycles. The first-order chi connectivity index (χ1) is 43.0. The van der Waals surface area contributed by atoms with Crippen LogP contribution in [0.15, 0.2) is 185 Å². The first kappa shape index (κ1) is 65.2. The van der Waals surface area contributed by atoms with E-state index in [9.17, 15) is 44.4 Å². The summed E-state index contributed by atoms with van der Waals surface area (Å²) in [5.74, 6) is -0.578. The molecule has 0 saturated carbocycles. The normalized spacial score (nSPS) is 13.0. The molecule has 0 spiro atoms. The minimum Gasteiger partial charge on any atom is -0.497 e. The zero-order valence-corrected chi connectivity index (χ0v) is 51.5. The van der Waals surface area contributed by atoms with Crippen LogP contribution in [0.25, 0.3) is 10.2 Å². The predicted molar refractivity (Wildman–Crippen MR) is 325 cm³/mol. The standard InChI is InChI=1S/C64H61F3N6O14S3/c1-6-83-61(76)57(34-43-14-18-48(19-15-43)64(65,66)67)68-60(75)58(35-44-16-24-52(25-17-44)85-39-54(87-42(3)74)40-86-90(79,80)55-31-12-41(2)13-32-55)73-37-49(70-72-73)38-84-53-30-33-56-59(36-53)88-62(69-56)89(77,78)71-63(45-10-8-7-9-11-45,46-20-26-50(81-4)27-21-46)47-22-28-51(82-5)29-23-47/h7-33,36-37,54,57-58,71H,6,34-35,38-40H2,1-5H3,(H,68,75)/t54?,57-,58-/m0/s1. The second-order valence-corrected chi connectivity index (χ2v) is 24.9. The Labute approximate surface area is 521 Å². The maximum absolute atomic E-state index is 14.8. The molecule has 1 unspecified atom stereocenters. The lowest BCUT2D eigenvalue weighted by atomic mass is 9.78. The molecular formula is C64H61F3N6O14S3. The van der Waals surface area contributed by atoms with E-state index in [0.29, 0.717) is 55.3 Å². The number of hydrogen-bond acceptors (Lipinski definition) is 18. The zero-order valence-electron chi connectivity index (χ0n) is 49.1. The van der Waals surface area contributed by atoms with Gasteiger partial charge in [0.15, 0.2) is 6.10 Å². The Morgan fingerprint density at radius 1 is 0.678 bits per heavy atom. The summed E-state index contributed by atoms with van der Waals surface area (Å²) in [6, 6.07) is 42.1. The molecule has 9 rings (SSSR count). The van der Waals surface area contributed by atoms with Crippen LogP contribution < -0.4 is 29.0 Å². The number of fused-ring (bicyclic) bond motifs is 1. The van der Waals surface area contributed by atoms with E-state index in [4.69, 9.17) is 32.6 Å². The van der Waals surface area contributed by atoms with Crippen molar-refractivity contribution in [2.75, 3.05) is 34.0 Å². The number of sulfonamides is 1. The lowest BCUT2D eigenvalue weighted by Gasteiger charge is -2.36. The Kier molecular flexibility index (Phi) is 20.7. The number of hydrogen-bond donors (Lipinski definition) is 2. The first-order valence-electron chi connectivity index (χ1n) is 27.9. The number of alkyl halides is 3. The Bertz CT molecular complexity index is 4110. The molecule has 0 aliphatic heterocycles. The molecule has 2 aromatic heterocycles. The number of halogens is 3. The highest BCUT2D eigenvalue weighted by atomic mass is 32.2. The van der Waals surface area contributed by atoms with Gasteiger partial charge in [0.1, 0.15) is 66.1 Å². The van der Waals surface area contributed by atoms with E-state index in [1.165, 1.54) is 35.1 Å². The van der Waals surface area contributed by atoms with E-state index in [0.717, 1.165) is 36.0 Å². The molecule has 9 aromatic rings. The highest BCUT2D eigenvalue weighted by molar-refractivity contribution is 7.91. The summed E-state index contributed by atoms with van der Waals surface area (Å²) in [5.41, 5.74) is 1.71. The van der Waals surface area contributed by atoms with Gasteiger partial charge in [0.25, 0.3) is 20.1 Å². The van der Waals surface area contributed by atoms with Gasteiger partial charge in [0.2, 0.25) is 10.2 Å². The van der Waals surface area contributed by atoms with Crippen molar-refractivity contribution in [1.82, 2.24) is 30.0 Å². The molecule has 0 saturated heterocycles. The summed E-state index contributed by atoms with van der Waals surface area (Å²) < 4.78 is 139. The molecule has 2 heterocycles. The van der Waals surface area contributed by atoms with Gasteiger partial charge in [-0.15, -0.1) is 16.4 Å². The van der Waals surface area contributed by atoms with Crippen LogP contribution >= 0.6 is 11.3 Å². The van der Waals surface area contributed by atoms with Crippen molar-refractivity contribution in [1.29, 1.82) is 0 Å².